The molecule has 0 amide bonds. The number of sulfonamides is 1. The zero-order valence-corrected chi connectivity index (χ0v) is 25.0. The number of halogens is 3. The van der Waals surface area contributed by atoms with Gasteiger partial charge in [-0.2, -0.15) is 17.5 Å². The average Bonchev–Trinajstić information content (AvgIpc) is 2.86. The van der Waals surface area contributed by atoms with E-state index in [1.165, 1.54) is 22.6 Å². The lowest BCUT2D eigenvalue weighted by molar-refractivity contribution is -0.137. The van der Waals surface area contributed by atoms with Crippen molar-refractivity contribution >= 4 is 38.9 Å². The molecule has 14 heteroatoms. The molecule has 2 N–H and O–H groups in total. The van der Waals surface area contributed by atoms with Crippen LogP contribution in [0.1, 0.15) is 46.1 Å². The first-order valence-electron chi connectivity index (χ1n) is 13.3. The Kier molecular flexibility index (Phi) is 8.20. The third-order valence-corrected chi connectivity index (χ3v) is 9.45. The van der Waals surface area contributed by atoms with Gasteiger partial charge in [0, 0.05) is 60.9 Å². The predicted molar refractivity (Wildman–Crippen MR) is 154 cm³/mol. The van der Waals surface area contributed by atoms with E-state index in [2.05, 4.69) is 65.1 Å². The van der Waals surface area contributed by atoms with Crippen LogP contribution in [-0.4, -0.2) is 84.2 Å². The topological polar surface area (TPSA) is 98.1 Å². The highest BCUT2D eigenvalue weighted by atomic mass is 32.2. The average molecular weight is 595 g/mol. The molecule has 2 aliphatic rings. The second kappa shape index (κ2) is 10.9. The third kappa shape index (κ3) is 6.85. The molecule has 10 nitrogen and oxygen atoms in total. The number of nitrogens with one attached hydrogen (secondary N) is 2. The Balaban J connectivity index is 1.57. The van der Waals surface area contributed by atoms with Gasteiger partial charge in [0.2, 0.25) is 21.7 Å². The molecule has 2 fully saturated rings. The van der Waals surface area contributed by atoms with Crippen molar-refractivity contribution < 1.29 is 21.6 Å². The number of piperidine rings is 1. The largest absolute Gasteiger partial charge is 0.418 e. The van der Waals surface area contributed by atoms with Gasteiger partial charge in [0.15, 0.2) is 0 Å². The Bertz CT molecular complexity index is 1410. The second-order valence-corrected chi connectivity index (χ2v) is 14.0. The number of hydrogen-bond acceptors (Lipinski definition) is 8. The fourth-order valence-corrected chi connectivity index (χ4v) is 6.62. The van der Waals surface area contributed by atoms with Gasteiger partial charge in [-0.1, -0.05) is 0 Å². The summed E-state index contributed by atoms with van der Waals surface area (Å²) in [6.45, 7) is 16.7. The molecule has 0 spiro atoms. The van der Waals surface area contributed by atoms with Crippen LogP contribution in [0.15, 0.2) is 24.4 Å². The molecule has 2 aliphatic heterocycles. The van der Waals surface area contributed by atoms with Crippen LogP contribution in [0, 0.1) is 6.57 Å². The van der Waals surface area contributed by atoms with Crippen LogP contribution in [0.2, 0.25) is 0 Å². The molecule has 0 bridgehead atoms. The number of hydrogen-bond donors (Lipinski definition) is 2. The highest BCUT2D eigenvalue weighted by molar-refractivity contribution is 7.88. The molecule has 224 valence electrons. The van der Waals surface area contributed by atoms with Gasteiger partial charge in [0.25, 0.3) is 0 Å². The molecule has 0 saturated carbocycles. The Labute approximate surface area is 239 Å². The van der Waals surface area contributed by atoms with Gasteiger partial charge in [0.1, 0.15) is 5.82 Å². The van der Waals surface area contributed by atoms with E-state index in [1.807, 2.05) is 0 Å². The summed E-state index contributed by atoms with van der Waals surface area (Å²) in [6, 6.07) is 3.91. The number of nitrogens with zero attached hydrogens (tertiary/aromatic N) is 6. The summed E-state index contributed by atoms with van der Waals surface area (Å²) in [5.74, 6) is 0.393. The number of piperazine rings is 1. The molecule has 0 atom stereocenters. The maximum Gasteiger partial charge on any atom is 0.418 e. The summed E-state index contributed by atoms with van der Waals surface area (Å²) >= 11 is 0. The van der Waals surface area contributed by atoms with Crippen LogP contribution >= 0.6 is 0 Å². The van der Waals surface area contributed by atoms with Crippen molar-refractivity contribution in [2.45, 2.75) is 63.8 Å². The van der Waals surface area contributed by atoms with Gasteiger partial charge in [-0.15, -0.1) is 0 Å². The summed E-state index contributed by atoms with van der Waals surface area (Å²) in [6.07, 6.45) is -0.572. The number of likely N-dealkylation sites (tertiary alicyclic amines) is 1. The van der Waals surface area contributed by atoms with Gasteiger partial charge in [-0.05, 0) is 65.8 Å². The van der Waals surface area contributed by atoms with Crippen molar-refractivity contribution in [3.05, 3.63) is 41.4 Å². The van der Waals surface area contributed by atoms with E-state index in [4.69, 9.17) is 6.57 Å². The van der Waals surface area contributed by atoms with Crippen LogP contribution in [0.25, 0.3) is 4.85 Å². The number of anilines is 4. The standard InChI is InChI=1S/C27H37F3N8O2S/c1-25(2)15-19(16-26(3,4)36(25)6)33-23-21(31-5)17-32-24(35-23)34-18-8-9-22(20(14-18)27(28,29)30)37-10-12-38(13-11-37)41(7,39)40/h8-9,14,17,19H,10-13,15-16H2,1-4,6-7H3,(H2,32,33,34,35). The van der Waals surface area contributed by atoms with E-state index in [9.17, 15) is 21.6 Å². The maximum atomic E-state index is 14.1. The Morgan fingerprint density at radius 2 is 1.68 bits per heavy atom. The zero-order chi connectivity index (χ0) is 30.4. The molecule has 0 unspecified atom stereocenters. The van der Waals surface area contributed by atoms with Crippen molar-refractivity contribution in [2.24, 2.45) is 0 Å². The van der Waals surface area contributed by atoms with Crippen LogP contribution in [0.5, 0.6) is 0 Å². The lowest BCUT2D eigenvalue weighted by Crippen LogP contribution is -2.61. The fraction of sp³-hybridized carbons (Fsp3) is 0.593. The van der Waals surface area contributed by atoms with E-state index in [-0.39, 0.29) is 66.3 Å². The summed E-state index contributed by atoms with van der Waals surface area (Å²) in [4.78, 5) is 16.0. The first-order chi connectivity index (χ1) is 18.9. The minimum Gasteiger partial charge on any atom is -0.376 e. The van der Waals surface area contributed by atoms with Crippen molar-refractivity contribution in [3.8, 4) is 0 Å². The van der Waals surface area contributed by atoms with Crippen LogP contribution in [0.4, 0.5) is 42.0 Å². The van der Waals surface area contributed by atoms with E-state index >= 15 is 0 Å². The van der Waals surface area contributed by atoms with Gasteiger partial charge in [0.05, 0.1) is 18.4 Å². The van der Waals surface area contributed by atoms with Gasteiger partial charge in [-0.25, -0.2) is 23.2 Å². The number of alkyl halides is 3. The van der Waals surface area contributed by atoms with Crippen molar-refractivity contribution in [2.75, 3.05) is 55.0 Å². The highest BCUT2D eigenvalue weighted by Gasteiger charge is 2.43. The minimum atomic E-state index is -4.64. The van der Waals surface area contributed by atoms with Crippen molar-refractivity contribution in [1.29, 1.82) is 0 Å². The Morgan fingerprint density at radius 1 is 1.07 bits per heavy atom. The molecule has 1 aromatic carbocycles. The van der Waals surface area contributed by atoms with Crippen LogP contribution < -0.4 is 15.5 Å². The predicted octanol–water partition coefficient (Wildman–Crippen LogP) is 4.93. The number of rotatable bonds is 6. The molecule has 0 aliphatic carbocycles. The Morgan fingerprint density at radius 3 is 2.22 bits per heavy atom. The van der Waals surface area contributed by atoms with Crippen molar-refractivity contribution in [1.82, 2.24) is 19.2 Å². The summed E-state index contributed by atoms with van der Waals surface area (Å²) in [5.41, 5.74) is -0.695. The van der Waals surface area contributed by atoms with Crippen LogP contribution in [-0.2, 0) is 16.2 Å². The number of aromatic nitrogens is 2. The highest BCUT2D eigenvalue weighted by Crippen LogP contribution is 2.40. The first-order valence-corrected chi connectivity index (χ1v) is 15.2. The molecule has 2 aromatic rings. The first kappa shape index (κ1) is 30.8. The molecule has 4 rings (SSSR count). The summed E-state index contributed by atoms with van der Waals surface area (Å²) < 4.78 is 67.2. The monoisotopic (exact) mass is 594 g/mol. The smallest absolute Gasteiger partial charge is 0.376 e. The van der Waals surface area contributed by atoms with E-state index in [0.29, 0.717) is 5.82 Å². The SMILES string of the molecule is [C-]#[N+]c1cnc(Nc2ccc(N3CCN(S(C)(=O)=O)CC3)c(C(F)(F)F)c2)nc1NC1CC(C)(C)N(C)C(C)(C)C1. The normalized spacial score (nSPS) is 20.4. The van der Waals surface area contributed by atoms with E-state index in [1.54, 1.807) is 4.90 Å². The zero-order valence-electron chi connectivity index (χ0n) is 24.2. The minimum absolute atomic E-state index is 0.0182. The molecule has 0 radical (unpaired) electrons. The molecular formula is C27H37F3N8O2S. The third-order valence-electron chi connectivity index (χ3n) is 8.15. The molecule has 3 heterocycles. The van der Waals surface area contributed by atoms with Crippen molar-refractivity contribution in [3.63, 3.8) is 0 Å². The van der Waals surface area contributed by atoms with E-state index < -0.39 is 21.8 Å². The van der Waals surface area contributed by atoms with Crippen LogP contribution in [0.3, 0.4) is 0 Å². The van der Waals surface area contributed by atoms with Gasteiger partial charge >= 0.3 is 6.18 Å². The Hall–Kier alpha value is -3.15. The quantitative estimate of drug-likeness (QED) is 0.455. The van der Waals surface area contributed by atoms with Gasteiger partial charge < -0.3 is 15.5 Å². The summed E-state index contributed by atoms with van der Waals surface area (Å²) in [5, 5.41) is 6.26. The second-order valence-electron chi connectivity index (χ2n) is 12.0. The van der Waals surface area contributed by atoms with E-state index in [0.717, 1.165) is 25.2 Å². The molecule has 1 aromatic heterocycles. The maximum absolute atomic E-state index is 14.1. The van der Waals surface area contributed by atoms with Gasteiger partial charge in [-0.3, -0.25) is 4.90 Å². The number of benzene rings is 1. The molecule has 2 saturated heterocycles. The lowest BCUT2D eigenvalue weighted by Gasteiger charge is -2.53. The molecular weight excluding hydrogens is 557 g/mol. The fourth-order valence-electron chi connectivity index (χ4n) is 5.80. The lowest BCUT2D eigenvalue weighted by atomic mass is 9.77. The summed E-state index contributed by atoms with van der Waals surface area (Å²) in [7, 11) is -1.31. The molecule has 41 heavy (non-hydrogen) atoms.